The van der Waals surface area contributed by atoms with Crippen LogP contribution in [0.15, 0.2) is 134 Å². The zero-order chi connectivity index (χ0) is 31.3. The fraction of sp³-hybridized carbons (Fsp3) is 0. The van der Waals surface area contributed by atoms with E-state index in [-0.39, 0.29) is 12.1 Å². The van der Waals surface area contributed by atoms with Gasteiger partial charge in [0.25, 0.3) is 0 Å². The number of rotatable bonds is 4. The highest BCUT2D eigenvalue weighted by Gasteiger charge is 2.09. The minimum absolute atomic E-state index is 0.324. The number of hydrogen-bond donors (Lipinski definition) is 6. The summed E-state index contributed by atoms with van der Waals surface area (Å²) in [5, 5.41) is 15.4. The van der Waals surface area contributed by atoms with Crippen LogP contribution in [0.5, 0.6) is 0 Å². The molecule has 6 N–H and O–H groups in total. The van der Waals surface area contributed by atoms with Gasteiger partial charge in [-0.3, -0.25) is 10.6 Å². The number of carbonyl (C=O) groups excluding carboxylic acids is 2. The molecule has 46 heavy (non-hydrogen) atoms. The van der Waals surface area contributed by atoms with Gasteiger partial charge in [0.15, 0.2) is 0 Å². The van der Waals surface area contributed by atoms with Crippen molar-refractivity contribution in [2.24, 2.45) is 0 Å². The summed E-state index contributed by atoms with van der Waals surface area (Å²) in [6, 6.07) is 37.8. The lowest BCUT2D eigenvalue weighted by Crippen LogP contribution is -2.20. The molecule has 4 aromatic heterocycles. The second kappa shape index (κ2) is 12.5. The molecule has 4 heterocycles. The van der Waals surface area contributed by atoms with Crippen LogP contribution in [-0.4, -0.2) is 32.0 Å². The fourth-order valence-electron chi connectivity index (χ4n) is 5.19. The van der Waals surface area contributed by atoms with Crippen LogP contribution in [0.2, 0.25) is 0 Å². The number of benzene rings is 4. The molecule has 0 saturated carbocycles. The van der Waals surface area contributed by atoms with Gasteiger partial charge in [0.2, 0.25) is 0 Å². The van der Waals surface area contributed by atoms with E-state index < -0.39 is 0 Å². The van der Waals surface area contributed by atoms with E-state index in [9.17, 15) is 9.59 Å². The third-order valence-electron chi connectivity index (χ3n) is 7.35. The first-order valence-electron chi connectivity index (χ1n) is 14.6. The second-order valence-electron chi connectivity index (χ2n) is 10.4. The van der Waals surface area contributed by atoms with E-state index in [2.05, 4.69) is 41.2 Å². The molecule has 8 rings (SSSR count). The summed E-state index contributed by atoms with van der Waals surface area (Å²) in [6.07, 6.45) is 3.69. The minimum Gasteiger partial charge on any atom is -0.359 e. The number of aromatic amines is 2. The van der Waals surface area contributed by atoms with Crippen molar-refractivity contribution in [2.75, 3.05) is 21.3 Å². The standard InChI is InChI=1S/2C18H14N4O/c2*23-18(21-15-7-3-5-13-10-11-19-17(13)15)22-16-9-8-12-4-1-2-6-14(12)20-16/h2*1-11,19H,(H2,20,21,22,23). The molecule has 0 aliphatic carbocycles. The smallest absolute Gasteiger partial charge is 0.324 e. The number of urea groups is 2. The van der Waals surface area contributed by atoms with E-state index >= 15 is 0 Å². The van der Waals surface area contributed by atoms with Crippen molar-refractivity contribution in [3.63, 3.8) is 0 Å². The van der Waals surface area contributed by atoms with Crippen LogP contribution in [0.25, 0.3) is 43.6 Å². The SMILES string of the molecule is O=C(Nc1ccc2ccccc2n1)Nc1cccc2cc[nH]c12.O=C(Nc1ccc2ccccc2n1)Nc1cccc2cc[nH]c12. The topological polar surface area (TPSA) is 140 Å². The lowest BCUT2D eigenvalue weighted by atomic mass is 10.2. The summed E-state index contributed by atoms with van der Waals surface area (Å²) in [7, 11) is 0. The van der Waals surface area contributed by atoms with Gasteiger partial charge in [-0.05, 0) is 60.7 Å². The number of nitrogens with zero attached hydrogens (tertiary/aromatic N) is 2. The summed E-state index contributed by atoms with van der Waals surface area (Å²) in [5.41, 5.74) is 4.94. The van der Waals surface area contributed by atoms with Crippen LogP contribution in [0.3, 0.4) is 0 Å². The molecule has 0 radical (unpaired) electrons. The Morgan fingerprint density at radius 1 is 0.435 bits per heavy atom. The summed E-state index contributed by atoms with van der Waals surface area (Å²) in [6.45, 7) is 0. The van der Waals surface area contributed by atoms with Crippen LogP contribution in [0.1, 0.15) is 0 Å². The minimum atomic E-state index is -0.324. The highest BCUT2D eigenvalue weighted by molar-refractivity contribution is 6.06. The normalized spacial score (nSPS) is 10.8. The first-order valence-corrected chi connectivity index (χ1v) is 14.6. The van der Waals surface area contributed by atoms with Crippen LogP contribution < -0.4 is 21.3 Å². The fourth-order valence-corrected chi connectivity index (χ4v) is 5.19. The average Bonchev–Trinajstić information content (AvgIpc) is 3.76. The lowest BCUT2D eigenvalue weighted by Gasteiger charge is -2.08. The quantitative estimate of drug-likeness (QED) is 0.120. The van der Waals surface area contributed by atoms with E-state index in [1.165, 1.54) is 0 Å². The number of carbonyl (C=O) groups is 2. The van der Waals surface area contributed by atoms with Gasteiger partial charge < -0.3 is 20.6 Å². The van der Waals surface area contributed by atoms with Crippen molar-refractivity contribution in [3.8, 4) is 0 Å². The molecule has 10 heteroatoms. The Morgan fingerprint density at radius 3 is 1.35 bits per heavy atom. The van der Waals surface area contributed by atoms with E-state index in [1.807, 2.05) is 122 Å². The maximum absolute atomic E-state index is 12.2. The molecule has 0 saturated heterocycles. The summed E-state index contributed by atoms with van der Waals surface area (Å²) >= 11 is 0. The van der Waals surface area contributed by atoms with Crippen molar-refractivity contribution < 1.29 is 9.59 Å². The van der Waals surface area contributed by atoms with E-state index in [1.54, 1.807) is 12.1 Å². The summed E-state index contributed by atoms with van der Waals surface area (Å²) < 4.78 is 0. The zero-order valence-corrected chi connectivity index (χ0v) is 24.4. The molecule has 0 aliphatic rings. The van der Waals surface area contributed by atoms with Gasteiger partial charge in [-0.1, -0.05) is 60.7 Å². The van der Waals surface area contributed by atoms with Crippen LogP contribution in [0, 0.1) is 0 Å². The number of anilines is 4. The van der Waals surface area contributed by atoms with Gasteiger partial charge in [0, 0.05) is 33.9 Å². The molecular formula is C36H28N8O2. The van der Waals surface area contributed by atoms with E-state index in [0.717, 1.165) is 55.0 Å². The van der Waals surface area contributed by atoms with Crippen molar-refractivity contribution in [1.82, 2.24) is 19.9 Å². The molecule has 4 amide bonds. The first-order chi connectivity index (χ1) is 22.6. The van der Waals surface area contributed by atoms with Crippen LogP contribution >= 0.6 is 0 Å². The third-order valence-corrected chi connectivity index (χ3v) is 7.35. The van der Waals surface area contributed by atoms with Crippen LogP contribution in [0.4, 0.5) is 32.6 Å². The number of pyridine rings is 2. The van der Waals surface area contributed by atoms with Crippen molar-refractivity contribution in [3.05, 3.63) is 134 Å². The van der Waals surface area contributed by atoms with Crippen molar-refractivity contribution in [2.45, 2.75) is 0 Å². The molecule has 10 nitrogen and oxygen atoms in total. The molecule has 0 spiro atoms. The molecule has 4 aromatic carbocycles. The van der Waals surface area contributed by atoms with E-state index in [4.69, 9.17) is 0 Å². The average molecular weight is 605 g/mol. The molecule has 0 unspecified atom stereocenters. The Balaban J connectivity index is 0.000000147. The highest BCUT2D eigenvalue weighted by Crippen LogP contribution is 2.23. The number of fused-ring (bicyclic) bond motifs is 4. The number of nitrogens with one attached hydrogen (secondary N) is 6. The Bertz CT molecular complexity index is 2180. The van der Waals surface area contributed by atoms with Gasteiger partial charge in [0.1, 0.15) is 11.6 Å². The molecule has 0 fully saturated rings. The predicted molar refractivity (Wildman–Crippen MR) is 185 cm³/mol. The Labute approximate surface area is 262 Å². The number of H-pyrrole nitrogens is 2. The molecular weight excluding hydrogens is 576 g/mol. The van der Waals surface area contributed by atoms with Gasteiger partial charge in [-0.2, -0.15) is 0 Å². The van der Waals surface area contributed by atoms with Crippen LogP contribution in [-0.2, 0) is 0 Å². The largest absolute Gasteiger partial charge is 0.359 e. The number of hydrogen-bond acceptors (Lipinski definition) is 4. The number of amides is 4. The summed E-state index contributed by atoms with van der Waals surface area (Å²) in [5.74, 6) is 1.03. The Kier molecular flexibility index (Phi) is 7.64. The van der Waals surface area contributed by atoms with Gasteiger partial charge in [0.05, 0.1) is 33.4 Å². The zero-order valence-electron chi connectivity index (χ0n) is 24.4. The van der Waals surface area contributed by atoms with Crippen molar-refractivity contribution >= 4 is 78.7 Å². The van der Waals surface area contributed by atoms with E-state index in [0.29, 0.717) is 11.6 Å². The first kappa shape index (κ1) is 28.1. The molecule has 0 aliphatic heterocycles. The molecule has 0 atom stereocenters. The highest BCUT2D eigenvalue weighted by atomic mass is 16.2. The van der Waals surface area contributed by atoms with Crippen molar-refractivity contribution in [1.29, 1.82) is 0 Å². The van der Waals surface area contributed by atoms with Gasteiger partial charge >= 0.3 is 12.1 Å². The number of para-hydroxylation sites is 4. The monoisotopic (exact) mass is 604 g/mol. The molecule has 8 aromatic rings. The number of aromatic nitrogens is 4. The van der Waals surface area contributed by atoms with Gasteiger partial charge in [-0.15, -0.1) is 0 Å². The van der Waals surface area contributed by atoms with Gasteiger partial charge in [-0.25, -0.2) is 19.6 Å². The molecule has 224 valence electrons. The maximum atomic E-state index is 12.2. The summed E-state index contributed by atoms with van der Waals surface area (Å²) in [4.78, 5) is 39.5. The second-order valence-corrected chi connectivity index (χ2v) is 10.4. The lowest BCUT2D eigenvalue weighted by molar-refractivity contribution is 0.261. The predicted octanol–water partition coefficient (Wildman–Crippen LogP) is 8.72. The Hall–Kier alpha value is -6.68. The third kappa shape index (κ3) is 6.17. The molecule has 0 bridgehead atoms. The Morgan fingerprint density at radius 2 is 0.870 bits per heavy atom. The maximum Gasteiger partial charge on any atom is 0.324 e.